The number of nitrogens with two attached hydrogens (primary N) is 1. The second-order valence-electron chi connectivity index (χ2n) is 4.25. The number of hydrogen-bond acceptors (Lipinski definition) is 3. The minimum absolute atomic E-state index is 0.620. The van der Waals surface area contributed by atoms with Crippen LogP contribution in [0.15, 0.2) is 0 Å². The fraction of sp³-hybridized carbons (Fsp3) is 0.900. The van der Waals surface area contributed by atoms with Crippen LogP contribution in [-0.2, 0) is 0 Å². The third-order valence-electron chi connectivity index (χ3n) is 1.88. The van der Waals surface area contributed by atoms with Crippen molar-refractivity contribution in [3.05, 3.63) is 0 Å². The maximum Gasteiger partial charge on any atom is 0.114 e. The van der Waals surface area contributed by atoms with Gasteiger partial charge in [-0.05, 0) is 19.4 Å². The number of hydrogen-bond donors (Lipinski definition) is 1. The van der Waals surface area contributed by atoms with Crippen molar-refractivity contribution in [1.29, 1.82) is 5.26 Å². The topological polar surface area (TPSA) is 53.0 Å². The lowest BCUT2D eigenvalue weighted by Gasteiger charge is -2.28. The van der Waals surface area contributed by atoms with Crippen LogP contribution in [0.25, 0.3) is 0 Å². The highest BCUT2D eigenvalue weighted by atomic mass is 15.1. The highest BCUT2D eigenvalue weighted by Crippen LogP contribution is 2.04. The maximum atomic E-state index is 8.77. The van der Waals surface area contributed by atoms with Gasteiger partial charge in [0.15, 0.2) is 0 Å². The third kappa shape index (κ3) is 5.62. The first kappa shape index (κ1) is 12.4. The van der Waals surface area contributed by atoms with Crippen LogP contribution in [0.4, 0.5) is 0 Å². The Balaban J connectivity index is 4.07. The van der Waals surface area contributed by atoms with Crippen LogP contribution < -0.4 is 5.73 Å². The van der Waals surface area contributed by atoms with Crippen LogP contribution in [0.2, 0.25) is 0 Å². The van der Waals surface area contributed by atoms with E-state index in [0.717, 1.165) is 13.1 Å². The summed E-state index contributed by atoms with van der Waals surface area (Å²) in [4.78, 5) is 2.22. The van der Waals surface area contributed by atoms with E-state index in [9.17, 15) is 0 Å². The summed E-state index contributed by atoms with van der Waals surface area (Å²) in [5.74, 6) is 0.620. The summed E-state index contributed by atoms with van der Waals surface area (Å²) in [5.41, 5.74) is 5.05. The van der Waals surface area contributed by atoms with E-state index in [2.05, 4.69) is 31.7 Å². The maximum absolute atomic E-state index is 8.77. The Bertz CT molecular complexity index is 179. The molecule has 0 spiro atoms. The molecule has 0 aliphatic rings. The molecule has 0 heterocycles. The van der Waals surface area contributed by atoms with Crippen LogP contribution in [0, 0.1) is 17.2 Å². The van der Waals surface area contributed by atoms with Crippen LogP contribution in [0.1, 0.15) is 27.7 Å². The fourth-order valence-corrected chi connectivity index (χ4v) is 1.32. The number of rotatable bonds is 5. The van der Waals surface area contributed by atoms with Gasteiger partial charge in [-0.2, -0.15) is 5.26 Å². The first-order valence-electron chi connectivity index (χ1n) is 4.83. The molecule has 0 aliphatic carbocycles. The predicted molar refractivity (Wildman–Crippen MR) is 55.2 cm³/mol. The van der Waals surface area contributed by atoms with Gasteiger partial charge in [0.1, 0.15) is 5.54 Å². The summed E-state index contributed by atoms with van der Waals surface area (Å²) >= 11 is 0. The van der Waals surface area contributed by atoms with Gasteiger partial charge in [-0.25, -0.2) is 0 Å². The Hall–Kier alpha value is -0.590. The van der Waals surface area contributed by atoms with Crippen molar-refractivity contribution in [2.24, 2.45) is 11.7 Å². The van der Waals surface area contributed by atoms with Gasteiger partial charge in [0.25, 0.3) is 0 Å². The van der Waals surface area contributed by atoms with Crippen LogP contribution >= 0.6 is 0 Å². The van der Waals surface area contributed by atoms with Crippen LogP contribution in [0.3, 0.4) is 0 Å². The average Bonchev–Trinajstić information content (AvgIpc) is 2.02. The number of nitrogens with zero attached hydrogens (tertiary/aromatic N) is 2. The second kappa shape index (κ2) is 5.21. The van der Waals surface area contributed by atoms with Gasteiger partial charge < -0.3 is 10.6 Å². The van der Waals surface area contributed by atoms with Crippen LogP contribution in [-0.4, -0.2) is 30.1 Å². The summed E-state index contributed by atoms with van der Waals surface area (Å²) in [6.07, 6.45) is 0. The molecule has 0 fully saturated rings. The van der Waals surface area contributed by atoms with E-state index < -0.39 is 5.54 Å². The highest BCUT2D eigenvalue weighted by molar-refractivity contribution is 5.02. The number of nitriles is 1. The van der Waals surface area contributed by atoms with Crippen molar-refractivity contribution in [2.75, 3.05) is 19.6 Å². The van der Waals surface area contributed by atoms with E-state index in [0.29, 0.717) is 12.5 Å². The first-order valence-corrected chi connectivity index (χ1v) is 4.83. The molecule has 0 bridgehead atoms. The van der Waals surface area contributed by atoms with Gasteiger partial charge in [0.05, 0.1) is 6.07 Å². The molecule has 3 heteroatoms. The zero-order chi connectivity index (χ0) is 10.5. The third-order valence-corrected chi connectivity index (χ3v) is 1.88. The van der Waals surface area contributed by atoms with Gasteiger partial charge in [-0.15, -0.1) is 0 Å². The van der Waals surface area contributed by atoms with Crippen LogP contribution in [0.5, 0.6) is 0 Å². The molecular weight excluding hydrogens is 162 g/mol. The molecule has 0 amide bonds. The monoisotopic (exact) mass is 183 g/mol. The van der Waals surface area contributed by atoms with E-state index in [4.69, 9.17) is 11.0 Å². The van der Waals surface area contributed by atoms with Crippen molar-refractivity contribution >= 4 is 0 Å². The van der Waals surface area contributed by atoms with E-state index in [-0.39, 0.29) is 0 Å². The molecule has 0 aromatic carbocycles. The van der Waals surface area contributed by atoms with Crippen molar-refractivity contribution in [3.63, 3.8) is 0 Å². The van der Waals surface area contributed by atoms with E-state index in [1.165, 1.54) is 0 Å². The average molecular weight is 183 g/mol. The zero-order valence-corrected chi connectivity index (χ0v) is 9.17. The summed E-state index contributed by atoms with van der Waals surface area (Å²) in [5, 5.41) is 8.77. The molecule has 13 heavy (non-hydrogen) atoms. The number of likely N-dealkylation sites (N-methyl/N-ethyl adjacent to an activating group) is 1. The van der Waals surface area contributed by atoms with E-state index in [1.807, 2.05) is 0 Å². The Morgan fingerprint density at radius 2 is 2.08 bits per heavy atom. The fourth-order valence-electron chi connectivity index (χ4n) is 1.32. The summed E-state index contributed by atoms with van der Waals surface area (Å²) < 4.78 is 0. The predicted octanol–water partition coefficient (Wildman–Crippen LogP) is 1.21. The van der Waals surface area contributed by atoms with Gasteiger partial charge >= 0.3 is 0 Å². The normalized spacial score (nSPS) is 15.8. The lowest BCUT2D eigenvalue weighted by molar-refractivity contribution is 0.227. The lowest BCUT2D eigenvalue weighted by Crippen LogP contribution is -2.47. The molecule has 0 aliphatic heterocycles. The molecular formula is C10H21N3. The molecule has 0 aromatic heterocycles. The largest absolute Gasteiger partial charge is 0.313 e. The molecule has 1 unspecified atom stereocenters. The Morgan fingerprint density at radius 1 is 1.54 bits per heavy atom. The van der Waals surface area contributed by atoms with E-state index in [1.54, 1.807) is 6.92 Å². The molecule has 3 nitrogen and oxygen atoms in total. The Morgan fingerprint density at radius 3 is 2.38 bits per heavy atom. The standard InChI is InChI=1S/C10H21N3/c1-5-13(6-9(2)3)8-10(4,12)7-11/h9H,5-6,8,12H2,1-4H3. The summed E-state index contributed by atoms with van der Waals surface area (Å²) in [6.45, 7) is 10.8. The van der Waals surface area contributed by atoms with Crippen molar-refractivity contribution in [3.8, 4) is 6.07 Å². The molecule has 2 N–H and O–H groups in total. The van der Waals surface area contributed by atoms with Crippen molar-refractivity contribution < 1.29 is 0 Å². The van der Waals surface area contributed by atoms with Gasteiger partial charge in [-0.1, -0.05) is 20.8 Å². The quantitative estimate of drug-likeness (QED) is 0.697. The van der Waals surface area contributed by atoms with Crippen molar-refractivity contribution in [1.82, 2.24) is 4.90 Å². The Labute approximate surface area is 81.5 Å². The molecule has 0 rings (SSSR count). The molecule has 0 radical (unpaired) electrons. The molecule has 0 aromatic rings. The first-order chi connectivity index (χ1) is 5.91. The second-order valence-corrected chi connectivity index (χ2v) is 4.25. The minimum Gasteiger partial charge on any atom is -0.313 e. The lowest BCUT2D eigenvalue weighted by atomic mass is 10.1. The van der Waals surface area contributed by atoms with Crippen molar-refractivity contribution in [2.45, 2.75) is 33.2 Å². The molecule has 76 valence electrons. The Kier molecular flexibility index (Phi) is 4.97. The SMILES string of the molecule is CCN(CC(C)C)CC(C)(N)C#N. The van der Waals surface area contributed by atoms with Gasteiger partial charge in [-0.3, -0.25) is 0 Å². The van der Waals surface area contributed by atoms with Gasteiger partial charge in [0, 0.05) is 13.1 Å². The summed E-state index contributed by atoms with van der Waals surface area (Å²) in [7, 11) is 0. The molecule has 1 atom stereocenters. The van der Waals surface area contributed by atoms with E-state index >= 15 is 0 Å². The summed E-state index contributed by atoms with van der Waals surface area (Å²) in [6, 6.07) is 2.12. The zero-order valence-electron chi connectivity index (χ0n) is 9.17. The molecule has 0 saturated heterocycles. The smallest absolute Gasteiger partial charge is 0.114 e. The minimum atomic E-state index is -0.717. The molecule has 0 saturated carbocycles. The van der Waals surface area contributed by atoms with Gasteiger partial charge in [0.2, 0.25) is 0 Å². The highest BCUT2D eigenvalue weighted by Gasteiger charge is 2.21.